The maximum atomic E-state index is 13.7. The highest BCUT2D eigenvalue weighted by Gasteiger charge is 2.40. The molecule has 0 saturated heterocycles. The third-order valence-electron chi connectivity index (χ3n) is 4.44. The molecular weight excluding hydrogens is 271 g/mol. The molecule has 0 N–H and O–H groups in total. The molecule has 3 nitrogen and oxygen atoms in total. The van der Waals surface area contributed by atoms with E-state index in [4.69, 9.17) is 9.15 Å². The quantitative estimate of drug-likeness (QED) is 0.617. The first-order chi connectivity index (χ1) is 10.2. The van der Waals surface area contributed by atoms with Crippen LogP contribution in [0.4, 0.5) is 4.39 Å². The number of halogens is 1. The minimum absolute atomic E-state index is 0.140. The highest BCUT2D eigenvalue weighted by molar-refractivity contribution is 6.03. The molecule has 0 aliphatic heterocycles. The van der Waals surface area contributed by atoms with E-state index < -0.39 is 11.4 Å². The van der Waals surface area contributed by atoms with Gasteiger partial charge in [-0.25, -0.2) is 4.39 Å². The summed E-state index contributed by atoms with van der Waals surface area (Å²) >= 11 is 0. The second-order valence-corrected chi connectivity index (χ2v) is 5.71. The lowest BCUT2D eigenvalue weighted by atomic mass is 9.88. The lowest BCUT2D eigenvalue weighted by Gasteiger charge is -2.28. The number of ether oxygens (including phenoxy) is 1. The van der Waals surface area contributed by atoms with Crippen LogP contribution in [-0.4, -0.2) is 18.5 Å². The zero-order valence-corrected chi connectivity index (χ0v) is 12.2. The van der Waals surface area contributed by atoms with Crippen molar-refractivity contribution in [1.82, 2.24) is 0 Å². The Morgan fingerprint density at radius 1 is 1.24 bits per heavy atom. The molecule has 0 bridgehead atoms. The number of rotatable bonds is 3. The summed E-state index contributed by atoms with van der Waals surface area (Å²) in [4.78, 5) is 12.8. The van der Waals surface area contributed by atoms with Gasteiger partial charge in [0.2, 0.25) is 5.78 Å². The topological polar surface area (TPSA) is 39.4 Å². The number of hydrogen-bond donors (Lipinski definition) is 0. The van der Waals surface area contributed by atoms with Crippen molar-refractivity contribution < 1.29 is 18.3 Å². The molecule has 1 fully saturated rings. The third kappa shape index (κ3) is 2.48. The Hall–Kier alpha value is -1.68. The van der Waals surface area contributed by atoms with Gasteiger partial charge >= 0.3 is 0 Å². The highest BCUT2D eigenvalue weighted by atomic mass is 19.1. The molecule has 0 spiro atoms. The summed E-state index contributed by atoms with van der Waals surface area (Å²) in [7, 11) is 1.58. The van der Waals surface area contributed by atoms with Gasteiger partial charge in [0.15, 0.2) is 17.2 Å². The Kier molecular flexibility index (Phi) is 3.81. The number of benzene rings is 1. The van der Waals surface area contributed by atoms with Crippen LogP contribution in [0.25, 0.3) is 11.0 Å². The van der Waals surface area contributed by atoms with Crippen molar-refractivity contribution in [3.63, 3.8) is 0 Å². The monoisotopic (exact) mass is 290 g/mol. The summed E-state index contributed by atoms with van der Waals surface area (Å²) in [6, 6.07) is 6.30. The SMILES string of the molecule is COC1(C(=O)c2cc3cccc(F)c3o2)CCCCCC1. The number of fused-ring (bicyclic) bond motifs is 1. The number of hydrogen-bond acceptors (Lipinski definition) is 3. The second-order valence-electron chi connectivity index (χ2n) is 5.71. The molecule has 3 rings (SSSR count). The first-order valence-electron chi connectivity index (χ1n) is 7.44. The molecule has 21 heavy (non-hydrogen) atoms. The molecule has 0 amide bonds. The van der Waals surface area contributed by atoms with Gasteiger partial charge in [0.1, 0.15) is 5.60 Å². The van der Waals surface area contributed by atoms with Gasteiger partial charge in [-0.05, 0) is 25.0 Å². The van der Waals surface area contributed by atoms with Gasteiger partial charge in [-0.3, -0.25) is 4.79 Å². The van der Waals surface area contributed by atoms with E-state index in [1.54, 1.807) is 25.3 Å². The fourth-order valence-corrected chi connectivity index (χ4v) is 3.19. The van der Waals surface area contributed by atoms with Gasteiger partial charge in [-0.1, -0.05) is 37.8 Å². The van der Waals surface area contributed by atoms with Crippen LogP contribution >= 0.6 is 0 Å². The maximum absolute atomic E-state index is 13.7. The van der Waals surface area contributed by atoms with Gasteiger partial charge < -0.3 is 9.15 Å². The van der Waals surface area contributed by atoms with E-state index in [0.29, 0.717) is 18.2 Å². The molecule has 1 heterocycles. The Morgan fingerprint density at radius 2 is 1.95 bits per heavy atom. The van der Waals surface area contributed by atoms with Crippen molar-refractivity contribution >= 4 is 16.8 Å². The maximum Gasteiger partial charge on any atom is 0.229 e. The van der Waals surface area contributed by atoms with E-state index in [0.717, 1.165) is 25.7 Å². The fourth-order valence-electron chi connectivity index (χ4n) is 3.19. The molecule has 4 heteroatoms. The summed E-state index contributed by atoms with van der Waals surface area (Å²) in [5, 5.41) is 0.609. The van der Waals surface area contributed by atoms with Crippen LogP contribution in [0.5, 0.6) is 0 Å². The molecule has 1 aliphatic rings. The fraction of sp³-hybridized carbons (Fsp3) is 0.471. The van der Waals surface area contributed by atoms with E-state index in [2.05, 4.69) is 0 Å². The van der Waals surface area contributed by atoms with Gasteiger partial charge in [-0.2, -0.15) is 0 Å². The van der Waals surface area contributed by atoms with E-state index in [-0.39, 0.29) is 17.1 Å². The number of methoxy groups -OCH3 is 1. The van der Waals surface area contributed by atoms with E-state index >= 15 is 0 Å². The van der Waals surface area contributed by atoms with Crippen molar-refractivity contribution in [1.29, 1.82) is 0 Å². The van der Waals surface area contributed by atoms with E-state index in [1.165, 1.54) is 6.07 Å². The smallest absolute Gasteiger partial charge is 0.229 e. The predicted octanol–water partition coefficient (Wildman–Crippen LogP) is 4.49. The standard InChI is InChI=1S/C17H19FO3/c1-20-17(9-4-2-3-5-10-17)16(19)14-11-12-7-6-8-13(18)15(12)21-14/h6-8,11H,2-5,9-10H2,1H3. The summed E-state index contributed by atoms with van der Waals surface area (Å²) in [6.07, 6.45) is 5.56. The number of ketones is 1. The minimum Gasteiger partial charge on any atom is -0.450 e. The van der Waals surface area contributed by atoms with Crippen LogP contribution in [0.2, 0.25) is 0 Å². The van der Waals surface area contributed by atoms with Crippen LogP contribution in [0.3, 0.4) is 0 Å². The summed E-state index contributed by atoms with van der Waals surface area (Å²) in [5.41, 5.74) is -0.679. The molecular formula is C17H19FO3. The lowest BCUT2D eigenvalue weighted by Crippen LogP contribution is -2.40. The Morgan fingerprint density at radius 3 is 2.57 bits per heavy atom. The van der Waals surface area contributed by atoms with Crippen molar-refractivity contribution in [3.8, 4) is 0 Å². The van der Waals surface area contributed by atoms with E-state index in [9.17, 15) is 9.18 Å². The van der Waals surface area contributed by atoms with Gasteiger partial charge in [-0.15, -0.1) is 0 Å². The van der Waals surface area contributed by atoms with Gasteiger partial charge in [0.25, 0.3) is 0 Å². The van der Waals surface area contributed by atoms with Crippen molar-refractivity contribution in [2.24, 2.45) is 0 Å². The van der Waals surface area contributed by atoms with Crippen LogP contribution in [0.1, 0.15) is 49.1 Å². The Bertz CT molecular complexity index is 651. The number of para-hydroxylation sites is 1. The number of carbonyl (C=O) groups is 1. The van der Waals surface area contributed by atoms with Crippen molar-refractivity contribution in [3.05, 3.63) is 35.8 Å². The first-order valence-corrected chi connectivity index (χ1v) is 7.44. The third-order valence-corrected chi connectivity index (χ3v) is 4.44. The number of Topliss-reactive ketones (excluding diaryl/α,β-unsaturated/α-hetero) is 1. The highest BCUT2D eigenvalue weighted by Crippen LogP contribution is 2.34. The molecule has 0 unspecified atom stereocenters. The Balaban J connectivity index is 1.99. The lowest BCUT2D eigenvalue weighted by molar-refractivity contribution is -0.00877. The molecule has 112 valence electrons. The second kappa shape index (κ2) is 5.60. The molecule has 0 atom stereocenters. The van der Waals surface area contributed by atoms with Gasteiger partial charge in [0.05, 0.1) is 0 Å². The largest absolute Gasteiger partial charge is 0.450 e. The summed E-state index contributed by atoms with van der Waals surface area (Å²) in [5.74, 6) is -0.416. The van der Waals surface area contributed by atoms with Gasteiger partial charge in [0, 0.05) is 12.5 Å². The number of carbonyl (C=O) groups excluding carboxylic acids is 1. The molecule has 0 radical (unpaired) electrons. The average Bonchev–Trinajstić information content (AvgIpc) is 2.79. The first kappa shape index (κ1) is 14.3. The molecule has 1 aromatic carbocycles. The molecule has 1 aromatic heterocycles. The minimum atomic E-state index is -0.819. The molecule has 2 aromatic rings. The summed E-state index contributed by atoms with van der Waals surface area (Å²) in [6.45, 7) is 0. The molecule has 1 saturated carbocycles. The van der Waals surface area contributed by atoms with Crippen LogP contribution in [-0.2, 0) is 4.74 Å². The Labute approximate surface area is 123 Å². The number of furan rings is 1. The zero-order valence-electron chi connectivity index (χ0n) is 12.2. The predicted molar refractivity (Wildman–Crippen MR) is 77.9 cm³/mol. The molecule has 1 aliphatic carbocycles. The normalized spacial score (nSPS) is 18.6. The zero-order chi connectivity index (χ0) is 14.9. The summed E-state index contributed by atoms with van der Waals surface area (Å²) < 4.78 is 24.8. The van der Waals surface area contributed by atoms with Crippen molar-refractivity contribution in [2.45, 2.75) is 44.1 Å². The van der Waals surface area contributed by atoms with E-state index in [1.807, 2.05) is 0 Å². The van der Waals surface area contributed by atoms with Crippen LogP contribution < -0.4 is 0 Å². The van der Waals surface area contributed by atoms with Crippen molar-refractivity contribution in [2.75, 3.05) is 7.11 Å². The van der Waals surface area contributed by atoms with Crippen LogP contribution in [0.15, 0.2) is 28.7 Å². The average molecular weight is 290 g/mol. The van der Waals surface area contributed by atoms with Crippen LogP contribution in [0, 0.1) is 5.82 Å².